The predicted molar refractivity (Wildman–Crippen MR) is 64.0 cm³/mol. The van der Waals surface area contributed by atoms with Crippen LogP contribution in [-0.2, 0) is 0 Å². The molecule has 0 atom stereocenters. The highest BCUT2D eigenvalue weighted by atomic mass is 19.2. The predicted octanol–water partition coefficient (Wildman–Crippen LogP) is 2.53. The van der Waals surface area contributed by atoms with E-state index in [0.717, 1.165) is 12.4 Å². The Labute approximate surface area is 108 Å². The Bertz CT molecular complexity index is 593. The molecule has 0 saturated carbocycles. The molecule has 0 aliphatic heterocycles. The summed E-state index contributed by atoms with van der Waals surface area (Å²) in [4.78, 5) is 7.56. The van der Waals surface area contributed by atoms with Gasteiger partial charge in [0.25, 0.3) is 0 Å². The van der Waals surface area contributed by atoms with E-state index >= 15 is 0 Å². The summed E-state index contributed by atoms with van der Waals surface area (Å²) in [7, 11) is 0. The lowest BCUT2D eigenvalue weighted by Gasteiger charge is -2.10. The molecule has 0 amide bonds. The number of benzene rings is 1. The van der Waals surface area contributed by atoms with Crippen molar-refractivity contribution < 1.29 is 18.3 Å². The van der Waals surface area contributed by atoms with Crippen molar-refractivity contribution in [3.8, 4) is 17.5 Å². The van der Waals surface area contributed by atoms with E-state index in [4.69, 9.17) is 15.2 Å². The van der Waals surface area contributed by atoms with Crippen LogP contribution < -0.4 is 15.2 Å². The van der Waals surface area contributed by atoms with Gasteiger partial charge in [-0.2, -0.15) is 14.4 Å². The van der Waals surface area contributed by atoms with E-state index in [1.165, 1.54) is 12.1 Å². The first kappa shape index (κ1) is 13.0. The van der Waals surface area contributed by atoms with Crippen LogP contribution in [0.5, 0.6) is 17.5 Å². The van der Waals surface area contributed by atoms with Gasteiger partial charge in [-0.05, 0) is 19.1 Å². The van der Waals surface area contributed by atoms with Crippen LogP contribution in [0, 0.1) is 11.6 Å². The van der Waals surface area contributed by atoms with E-state index in [-0.39, 0.29) is 23.2 Å². The molecule has 100 valence electrons. The number of halogens is 2. The van der Waals surface area contributed by atoms with Crippen molar-refractivity contribution in [2.24, 2.45) is 0 Å². The Balaban J connectivity index is 2.33. The number of rotatable bonds is 4. The molecule has 0 fully saturated rings. The van der Waals surface area contributed by atoms with Gasteiger partial charge >= 0.3 is 0 Å². The van der Waals surface area contributed by atoms with Gasteiger partial charge in [0.15, 0.2) is 17.3 Å². The van der Waals surface area contributed by atoms with Crippen molar-refractivity contribution in [3.05, 3.63) is 36.2 Å². The molecular formula is C12H11F2N3O2. The molecule has 2 aromatic rings. The molecule has 1 aromatic heterocycles. The Morgan fingerprint density at radius 2 is 1.95 bits per heavy atom. The number of aromatic nitrogens is 2. The van der Waals surface area contributed by atoms with Crippen molar-refractivity contribution >= 4 is 5.69 Å². The third kappa shape index (κ3) is 2.70. The summed E-state index contributed by atoms with van der Waals surface area (Å²) in [5.41, 5.74) is 5.74. The van der Waals surface area contributed by atoms with Gasteiger partial charge in [-0.25, -0.2) is 4.39 Å². The normalized spacial score (nSPS) is 10.3. The van der Waals surface area contributed by atoms with Crippen molar-refractivity contribution in [2.45, 2.75) is 6.92 Å². The SMILES string of the molecule is CCOc1ncnc(Oc2cccc(F)c2F)c1N. The van der Waals surface area contributed by atoms with Crippen LogP contribution in [0.1, 0.15) is 6.92 Å². The first-order valence-electron chi connectivity index (χ1n) is 5.48. The highest BCUT2D eigenvalue weighted by Crippen LogP contribution is 2.32. The lowest BCUT2D eigenvalue weighted by atomic mass is 10.3. The van der Waals surface area contributed by atoms with Crippen LogP contribution in [0.3, 0.4) is 0 Å². The smallest absolute Gasteiger partial charge is 0.249 e. The van der Waals surface area contributed by atoms with Gasteiger partial charge < -0.3 is 15.2 Å². The summed E-state index contributed by atoms with van der Waals surface area (Å²) in [6, 6.07) is 3.56. The number of hydrogen-bond donors (Lipinski definition) is 1. The van der Waals surface area contributed by atoms with Gasteiger partial charge in [0, 0.05) is 0 Å². The van der Waals surface area contributed by atoms with Crippen LogP contribution in [0.4, 0.5) is 14.5 Å². The van der Waals surface area contributed by atoms with Gasteiger partial charge in [0.05, 0.1) is 6.61 Å². The fraction of sp³-hybridized carbons (Fsp3) is 0.167. The minimum absolute atomic E-state index is 0.0213. The molecule has 0 radical (unpaired) electrons. The first-order chi connectivity index (χ1) is 9.13. The van der Waals surface area contributed by atoms with Gasteiger partial charge in [-0.15, -0.1) is 0 Å². The summed E-state index contributed by atoms with van der Waals surface area (Å²) >= 11 is 0. The number of nitrogens with two attached hydrogens (primary N) is 1. The minimum Gasteiger partial charge on any atom is -0.476 e. The summed E-state index contributed by atoms with van der Waals surface area (Å²) < 4.78 is 36.8. The number of nitrogen functional groups attached to an aromatic ring is 1. The fourth-order valence-corrected chi connectivity index (χ4v) is 1.36. The molecule has 1 aromatic carbocycles. The van der Waals surface area contributed by atoms with Crippen molar-refractivity contribution in [2.75, 3.05) is 12.3 Å². The maximum Gasteiger partial charge on any atom is 0.249 e. The highest BCUT2D eigenvalue weighted by Gasteiger charge is 2.15. The lowest BCUT2D eigenvalue weighted by molar-refractivity contribution is 0.324. The molecule has 0 unspecified atom stereocenters. The van der Waals surface area contributed by atoms with E-state index in [1.807, 2.05) is 0 Å². The molecule has 2 rings (SSSR count). The van der Waals surface area contributed by atoms with E-state index in [9.17, 15) is 8.78 Å². The Hall–Kier alpha value is -2.44. The zero-order valence-electron chi connectivity index (χ0n) is 10.1. The zero-order valence-corrected chi connectivity index (χ0v) is 10.1. The molecule has 0 aliphatic rings. The summed E-state index contributed by atoms with van der Waals surface area (Å²) in [5.74, 6) is -2.41. The quantitative estimate of drug-likeness (QED) is 0.921. The molecule has 0 aliphatic carbocycles. The molecule has 5 nitrogen and oxygen atoms in total. The third-order valence-corrected chi connectivity index (χ3v) is 2.21. The summed E-state index contributed by atoms with van der Waals surface area (Å²) in [6.45, 7) is 2.11. The average Bonchev–Trinajstić information content (AvgIpc) is 2.40. The van der Waals surface area contributed by atoms with E-state index in [1.54, 1.807) is 6.92 Å². The largest absolute Gasteiger partial charge is 0.476 e. The topological polar surface area (TPSA) is 70.3 Å². The van der Waals surface area contributed by atoms with E-state index < -0.39 is 11.6 Å². The molecule has 7 heteroatoms. The summed E-state index contributed by atoms with van der Waals surface area (Å²) in [6.07, 6.45) is 1.16. The maximum atomic E-state index is 13.5. The van der Waals surface area contributed by atoms with Crippen molar-refractivity contribution in [1.29, 1.82) is 0 Å². The fourth-order valence-electron chi connectivity index (χ4n) is 1.36. The van der Waals surface area contributed by atoms with Crippen LogP contribution in [0.15, 0.2) is 24.5 Å². The van der Waals surface area contributed by atoms with E-state index in [0.29, 0.717) is 6.61 Å². The van der Waals surface area contributed by atoms with Crippen LogP contribution in [0.2, 0.25) is 0 Å². The zero-order chi connectivity index (χ0) is 13.8. The monoisotopic (exact) mass is 267 g/mol. The Kier molecular flexibility index (Phi) is 3.74. The van der Waals surface area contributed by atoms with Crippen LogP contribution >= 0.6 is 0 Å². The first-order valence-corrected chi connectivity index (χ1v) is 5.48. The molecule has 2 N–H and O–H groups in total. The van der Waals surface area contributed by atoms with Crippen molar-refractivity contribution in [1.82, 2.24) is 9.97 Å². The van der Waals surface area contributed by atoms with Gasteiger partial charge in [-0.1, -0.05) is 6.07 Å². The van der Waals surface area contributed by atoms with Crippen LogP contribution in [0.25, 0.3) is 0 Å². The van der Waals surface area contributed by atoms with Gasteiger partial charge in [0.2, 0.25) is 17.6 Å². The number of anilines is 1. The van der Waals surface area contributed by atoms with Gasteiger partial charge in [-0.3, -0.25) is 0 Å². The van der Waals surface area contributed by atoms with Crippen LogP contribution in [-0.4, -0.2) is 16.6 Å². The lowest BCUT2D eigenvalue weighted by Crippen LogP contribution is -2.03. The second kappa shape index (κ2) is 5.47. The number of ether oxygens (including phenoxy) is 2. The summed E-state index contributed by atoms with van der Waals surface area (Å²) in [5, 5.41) is 0. The molecule has 0 spiro atoms. The Morgan fingerprint density at radius 1 is 1.21 bits per heavy atom. The number of nitrogens with zero attached hydrogens (tertiary/aromatic N) is 2. The standard InChI is InChI=1S/C12H11F2N3O2/c1-2-18-11-10(15)12(17-6-16-11)19-8-5-3-4-7(13)9(8)14/h3-6H,2,15H2,1H3. The van der Waals surface area contributed by atoms with Crippen molar-refractivity contribution in [3.63, 3.8) is 0 Å². The second-order valence-corrected chi connectivity index (χ2v) is 3.48. The Morgan fingerprint density at radius 3 is 2.68 bits per heavy atom. The highest BCUT2D eigenvalue weighted by molar-refractivity contribution is 5.56. The average molecular weight is 267 g/mol. The van der Waals surface area contributed by atoms with Gasteiger partial charge in [0.1, 0.15) is 6.33 Å². The molecule has 1 heterocycles. The third-order valence-electron chi connectivity index (χ3n) is 2.21. The van der Waals surface area contributed by atoms with E-state index in [2.05, 4.69) is 9.97 Å². The molecular weight excluding hydrogens is 256 g/mol. The molecule has 0 bridgehead atoms. The maximum absolute atomic E-state index is 13.5. The number of hydrogen-bond acceptors (Lipinski definition) is 5. The molecule has 0 saturated heterocycles. The molecule has 19 heavy (non-hydrogen) atoms. The minimum atomic E-state index is -1.11. The second-order valence-electron chi connectivity index (χ2n) is 3.48.